The Labute approximate surface area is 120 Å². The number of rotatable bonds is 2. The molecule has 0 aliphatic carbocycles. The Bertz CT molecular complexity index is 369. The molecule has 0 bridgehead atoms. The first-order valence-electron chi connectivity index (χ1n) is 7.49. The van der Waals surface area contributed by atoms with Crippen LogP contribution in [0.3, 0.4) is 0 Å². The predicted octanol–water partition coefficient (Wildman–Crippen LogP) is 1.75. The van der Waals surface area contributed by atoms with Crippen LogP contribution in [0.5, 0.6) is 0 Å². The van der Waals surface area contributed by atoms with E-state index in [1.807, 2.05) is 20.8 Å². The minimum Gasteiger partial charge on any atom is -0.458 e. The van der Waals surface area contributed by atoms with Crippen molar-refractivity contribution in [3.8, 4) is 0 Å². The summed E-state index contributed by atoms with van der Waals surface area (Å²) in [6.45, 7) is 7.41. The number of esters is 1. The maximum Gasteiger partial charge on any atom is 0.329 e. The SMILES string of the molecule is CC(C)(C)OC(=O)[C@@H]1CCCN1C(=O)C1CCCOC1. The Hall–Kier alpha value is -1.10. The lowest BCUT2D eigenvalue weighted by Crippen LogP contribution is -2.47. The molecule has 0 aromatic heterocycles. The third-order valence-corrected chi connectivity index (χ3v) is 3.72. The fraction of sp³-hybridized carbons (Fsp3) is 0.867. The monoisotopic (exact) mass is 283 g/mol. The lowest BCUT2D eigenvalue weighted by atomic mass is 10.0. The average molecular weight is 283 g/mol. The Morgan fingerprint density at radius 1 is 1.20 bits per heavy atom. The molecule has 2 atom stereocenters. The summed E-state index contributed by atoms with van der Waals surface area (Å²) in [4.78, 5) is 26.4. The molecule has 5 nitrogen and oxygen atoms in total. The number of hydrogen-bond acceptors (Lipinski definition) is 4. The second-order valence-corrected chi connectivity index (χ2v) is 6.64. The van der Waals surface area contributed by atoms with E-state index in [4.69, 9.17) is 9.47 Å². The van der Waals surface area contributed by atoms with Gasteiger partial charge in [-0.05, 0) is 46.5 Å². The standard InChI is InChI=1S/C15H25NO4/c1-15(2,3)20-14(18)12-7-4-8-16(12)13(17)11-6-5-9-19-10-11/h11-12H,4-10H2,1-3H3/t11?,12-/m0/s1. The van der Waals surface area contributed by atoms with Crippen LogP contribution in [0.2, 0.25) is 0 Å². The molecular weight excluding hydrogens is 258 g/mol. The lowest BCUT2D eigenvalue weighted by Gasteiger charge is -2.31. The van der Waals surface area contributed by atoms with Crippen molar-refractivity contribution in [2.24, 2.45) is 5.92 Å². The van der Waals surface area contributed by atoms with E-state index in [2.05, 4.69) is 0 Å². The summed E-state index contributed by atoms with van der Waals surface area (Å²) in [6, 6.07) is -0.413. The molecule has 0 spiro atoms. The maximum atomic E-state index is 12.5. The van der Waals surface area contributed by atoms with Gasteiger partial charge in [0.05, 0.1) is 12.5 Å². The molecule has 1 amide bonds. The molecular formula is C15H25NO4. The topological polar surface area (TPSA) is 55.8 Å². The molecule has 2 rings (SSSR count). The molecule has 2 heterocycles. The Balaban J connectivity index is 1.99. The van der Waals surface area contributed by atoms with Gasteiger partial charge >= 0.3 is 5.97 Å². The zero-order valence-electron chi connectivity index (χ0n) is 12.7. The first kappa shape index (κ1) is 15.3. The summed E-state index contributed by atoms with van der Waals surface area (Å²) in [5.41, 5.74) is -0.512. The van der Waals surface area contributed by atoms with Crippen molar-refractivity contribution in [3.05, 3.63) is 0 Å². The van der Waals surface area contributed by atoms with E-state index in [0.29, 0.717) is 19.6 Å². The molecule has 0 aromatic rings. The van der Waals surface area contributed by atoms with Gasteiger partial charge in [-0.3, -0.25) is 4.79 Å². The molecule has 2 aliphatic rings. The van der Waals surface area contributed by atoms with Crippen LogP contribution in [0.4, 0.5) is 0 Å². The molecule has 20 heavy (non-hydrogen) atoms. The molecule has 1 unspecified atom stereocenters. The highest BCUT2D eigenvalue weighted by molar-refractivity contribution is 5.86. The minimum atomic E-state index is -0.512. The van der Waals surface area contributed by atoms with Crippen molar-refractivity contribution in [2.45, 2.75) is 58.1 Å². The highest BCUT2D eigenvalue weighted by atomic mass is 16.6. The Morgan fingerprint density at radius 2 is 1.95 bits per heavy atom. The molecule has 0 saturated carbocycles. The molecule has 2 aliphatic heterocycles. The molecule has 0 N–H and O–H groups in total. The number of carbonyl (C=O) groups excluding carboxylic acids is 2. The van der Waals surface area contributed by atoms with Crippen LogP contribution in [0.25, 0.3) is 0 Å². The number of hydrogen-bond donors (Lipinski definition) is 0. The van der Waals surface area contributed by atoms with Crippen LogP contribution in [0.15, 0.2) is 0 Å². The van der Waals surface area contributed by atoms with E-state index in [0.717, 1.165) is 25.9 Å². The highest BCUT2D eigenvalue weighted by Crippen LogP contribution is 2.25. The van der Waals surface area contributed by atoms with E-state index in [1.54, 1.807) is 4.90 Å². The van der Waals surface area contributed by atoms with Crippen molar-refractivity contribution in [1.82, 2.24) is 4.90 Å². The van der Waals surface area contributed by atoms with Crippen molar-refractivity contribution in [3.63, 3.8) is 0 Å². The minimum absolute atomic E-state index is 0.0538. The van der Waals surface area contributed by atoms with E-state index >= 15 is 0 Å². The largest absolute Gasteiger partial charge is 0.458 e. The summed E-state index contributed by atoms with van der Waals surface area (Å²) >= 11 is 0. The number of carbonyl (C=O) groups is 2. The van der Waals surface area contributed by atoms with E-state index < -0.39 is 11.6 Å². The second kappa shape index (κ2) is 6.12. The van der Waals surface area contributed by atoms with E-state index in [9.17, 15) is 9.59 Å². The second-order valence-electron chi connectivity index (χ2n) is 6.64. The highest BCUT2D eigenvalue weighted by Gasteiger charge is 2.39. The van der Waals surface area contributed by atoms with Gasteiger partial charge < -0.3 is 14.4 Å². The first-order valence-corrected chi connectivity index (χ1v) is 7.49. The van der Waals surface area contributed by atoms with Crippen molar-refractivity contribution in [1.29, 1.82) is 0 Å². The summed E-state index contributed by atoms with van der Waals surface area (Å²) in [5, 5.41) is 0. The van der Waals surface area contributed by atoms with Gasteiger partial charge in [0.2, 0.25) is 5.91 Å². The van der Waals surface area contributed by atoms with Crippen LogP contribution in [0, 0.1) is 5.92 Å². The smallest absolute Gasteiger partial charge is 0.329 e. The van der Waals surface area contributed by atoms with Gasteiger partial charge in [0, 0.05) is 13.2 Å². The van der Waals surface area contributed by atoms with Gasteiger partial charge in [-0.1, -0.05) is 0 Å². The molecule has 0 aromatic carbocycles. The zero-order chi connectivity index (χ0) is 14.8. The summed E-state index contributed by atoms with van der Waals surface area (Å²) in [6.07, 6.45) is 3.34. The molecule has 2 fully saturated rings. The molecule has 2 saturated heterocycles. The average Bonchev–Trinajstić information content (AvgIpc) is 2.86. The van der Waals surface area contributed by atoms with Gasteiger partial charge in [0.25, 0.3) is 0 Å². The van der Waals surface area contributed by atoms with Crippen LogP contribution in [-0.2, 0) is 19.1 Å². The first-order chi connectivity index (χ1) is 9.38. The summed E-state index contributed by atoms with van der Waals surface area (Å²) < 4.78 is 10.8. The summed E-state index contributed by atoms with van der Waals surface area (Å²) in [5.74, 6) is -0.315. The van der Waals surface area contributed by atoms with Crippen LogP contribution in [0.1, 0.15) is 46.5 Å². The maximum absolute atomic E-state index is 12.5. The predicted molar refractivity (Wildman–Crippen MR) is 74.1 cm³/mol. The van der Waals surface area contributed by atoms with Gasteiger partial charge in [-0.15, -0.1) is 0 Å². The van der Waals surface area contributed by atoms with Crippen molar-refractivity contribution >= 4 is 11.9 Å². The molecule has 5 heteroatoms. The molecule has 114 valence electrons. The fourth-order valence-corrected chi connectivity index (χ4v) is 2.82. The van der Waals surface area contributed by atoms with Gasteiger partial charge in [0.1, 0.15) is 11.6 Å². The number of ether oxygens (including phenoxy) is 2. The van der Waals surface area contributed by atoms with Crippen LogP contribution in [-0.4, -0.2) is 48.2 Å². The summed E-state index contributed by atoms with van der Waals surface area (Å²) in [7, 11) is 0. The third kappa shape index (κ3) is 3.72. The van der Waals surface area contributed by atoms with Crippen molar-refractivity contribution in [2.75, 3.05) is 19.8 Å². The van der Waals surface area contributed by atoms with E-state index in [1.165, 1.54) is 0 Å². The number of amides is 1. The number of nitrogens with zero attached hydrogens (tertiary/aromatic N) is 1. The fourth-order valence-electron chi connectivity index (χ4n) is 2.82. The van der Waals surface area contributed by atoms with Crippen molar-refractivity contribution < 1.29 is 19.1 Å². The van der Waals surface area contributed by atoms with E-state index in [-0.39, 0.29) is 17.8 Å². The molecule has 0 radical (unpaired) electrons. The Morgan fingerprint density at radius 3 is 2.55 bits per heavy atom. The van der Waals surface area contributed by atoms with Gasteiger partial charge in [-0.25, -0.2) is 4.79 Å². The Kier molecular flexibility index (Phi) is 4.68. The van der Waals surface area contributed by atoms with Crippen LogP contribution < -0.4 is 0 Å². The quantitative estimate of drug-likeness (QED) is 0.724. The van der Waals surface area contributed by atoms with Gasteiger partial charge in [0.15, 0.2) is 0 Å². The zero-order valence-corrected chi connectivity index (χ0v) is 12.7. The van der Waals surface area contributed by atoms with Gasteiger partial charge in [-0.2, -0.15) is 0 Å². The van der Waals surface area contributed by atoms with Crippen LogP contribution >= 0.6 is 0 Å². The number of likely N-dealkylation sites (tertiary alicyclic amines) is 1. The lowest BCUT2D eigenvalue weighted by molar-refractivity contribution is -0.164. The normalized spacial score (nSPS) is 27.4. The third-order valence-electron chi connectivity index (χ3n) is 3.72.